The van der Waals surface area contributed by atoms with Crippen LogP contribution < -0.4 is 5.73 Å². The molecule has 3 N–H and O–H groups in total. The Hall–Kier alpha value is -1.77. The summed E-state index contributed by atoms with van der Waals surface area (Å²) in [6.07, 6.45) is 2.79. The number of imidazole rings is 1. The molecule has 3 heteroatoms. The quantitative estimate of drug-likeness (QED) is 0.757. The van der Waals surface area contributed by atoms with Crippen molar-refractivity contribution in [3.63, 3.8) is 0 Å². The molecule has 0 aliphatic heterocycles. The SMILES string of the molecule is CCc1cccc(-c2cnc(N)[nH]2)c1. The van der Waals surface area contributed by atoms with E-state index < -0.39 is 0 Å². The molecule has 0 saturated carbocycles. The molecular weight excluding hydrogens is 174 g/mol. The number of benzene rings is 1. The van der Waals surface area contributed by atoms with Gasteiger partial charge in [0.15, 0.2) is 5.95 Å². The van der Waals surface area contributed by atoms with Crippen LogP contribution in [0.25, 0.3) is 11.3 Å². The number of nitrogens with zero attached hydrogens (tertiary/aromatic N) is 1. The second-order valence-corrected chi connectivity index (χ2v) is 3.24. The highest BCUT2D eigenvalue weighted by Crippen LogP contribution is 2.18. The van der Waals surface area contributed by atoms with E-state index in [1.54, 1.807) is 6.20 Å². The number of aromatic amines is 1. The first-order chi connectivity index (χ1) is 6.79. The Morgan fingerprint density at radius 1 is 1.43 bits per heavy atom. The molecular formula is C11H13N3. The molecule has 2 aromatic rings. The minimum atomic E-state index is 0.460. The number of H-pyrrole nitrogens is 1. The summed E-state index contributed by atoms with van der Waals surface area (Å²) in [7, 11) is 0. The van der Waals surface area contributed by atoms with Gasteiger partial charge in [0.25, 0.3) is 0 Å². The Morgan fingerprint density at radius 2 is 2.29 bits per heavy atom. The van der Waals surface area contributed by atoms with Gasteiger partial charge in [0.05, 0.1) is 11.9 Å². The van der Waals surface area contributed by atoms with Crippen molar-refractivity contribution in [1.82, 2.24) is 9.97 Å². The average Bonchev–Trinajstić information content (AvgIpc) is 2.65. The van der Waals surface area contributed by atoms with Crippen LogP contribution in [-0.2, 0) is 6.42 Å². The van der Waals surface area contributed by atoms with Gasteiger partial charge in [-0.1, -0.05) is 25.1 Å². The lowest BCUT2D eigenvalue weighted by Crippen LogP contribution is -1.86. The van der Waals surface area contributed by atoms with E-state index in [1.165, 1.54) is 5.56 Å². The largest absolute Gasteiger partial charge is 0.369 e. The molecule has 0 fully saturated rings. The lowest BCUT2D eigenvalue weighted by molar-refractivity contribution is 1.14. The van der Waals surface area contributed by atoms with Gasteiger partial charge in [-0.05, 0) is 23.6 Å². The monoisotopic (exact) mass is 187 g/mol. The molecule has 1 heterocycles. The Morgan fingerprint density at radius 3 is 2.93 bits per heavy atom. The van der Waals surface area contributed by atoms with Gasteiger partial charge in [0, 0.05) is 0 Å². The molecule has 3 nitrogen and oxygen atoms in total. The van der Waals surface area contributed by atoms with Gasteiger partial charge in [-0.3, -0.25) is 0 Å². The highest BCUT2D eigenvalue weighted by molar-refractivity contribution is 5.60. The predicted molar refractivity (Wildman–Crippen MR) is 57.8 cm³/mol. The van der Waals surface area contributed by atoms with Crippen LogP contribution in [0.4, 0.5) is 5.95 Å². The number of anilines is 1. The number of hydrogen-bond acceptors (Lipinski definition) is 2. The fourth-order valence-electron chi connectivity index (χ4n) is 1.44. The number of aromatic nitrogens is 2. The van der Waals surface area contributed by atoms with Crippen molar-refractivity contribution in [3.05, 3.63) is 36.0 Å². The first-order valence-electron chi connectivity index (χ1n) is 4.69. The molecule has 2 rings (SSSR count). The summed E-state index contributed by atoms with van der Waals surface area (Å²) in [5, 5.41) is 0. The van der Waals surface area contributed by atoms with Gasteiger partial charge in [-0.15, -0.1) is 0 Å². The number of rotatable bonds is 2. The highest BCUT2D eigenvalue weighted by Gasteiger charge is 2.00. The van der Waals surface area contributed by atoms with Crippen LogP contribution in [0.15, 0.2) is 30.5 Å². The lowest BCUT2D eigenvalue weighted by atomic mass is 10.1. The zero-order valence-corrected chi connectivity index (χ0v) is 8.12. The lowest BCUT2D eigenvalue weighted by Gasteiger charge is -2.00. The van der Waals surface area contributed by atoms with E-state index in [4.69, 9.17) is 5.73 Å². The summed E-state index contributed by atoms with van der Waals surface area (Å²) in [5.74, 6) is 0.460. The molecule has 0 spiro atoms. The van der Waals surface area contributed by atoms with Crippen LogP contribution in [0.1, 0.15) is 12.5 Å². The van der Waals surface area contributed by atoms with E-state index in [0.29, 0.717) is 5.95 Å². The molecule has 0 atom stereocenters. The van der Waals surface area contributed by atoms with Crippen molar-refractivity contribution >= 4 is 5.95 Å². The third-order valence-electron chi connectivity index (χ3n) is 2.24. The van der Waals surface area contributed by atoms with Crippen LogP contribution in [0.3, 0.4) is 0 Å². The van der Waals surface area contributed by atoms with Gasteiger partial charge >= 0.3 is 0 Å². The zero-order valence-electron chi connectivity index (χ0n) is 8.12. The summed E-state index contributed by atoms with van der Waals surface area (Å²) in [5.41, 5.74) is 8.94. The van der Waals surface area contributed by atoms with E-state index in [-0.39, 0.29) is 0 Å². The van der Waals surface area contributed by atoms with E-state index in [2.05, 4.69) is 29.0 Å². The van der Waals surface area contributed by atoms with Crippen LogP contribution in [0, 0.1) is 0 Å². The Bertz CT molecular complexity index is 432. The van der Waals surface area contributed by atoms with Gasteiger partial charge in [0.1, 0.15) is 0 Å². The fraction of sp³-hybridized carbons (Fsp3) is 0.182. The first kappa shape index (κ1) is 8.81. The zero-order chi connectivity index (χ0) is 9.97. The van der Waals surface area contributed by atoms with Crippen molar-refractivity contribution in [1.29, 1.82) is 0 Å². The first-order valence-corrected chi connectivity index (χ1v) is 4.69. The molecule has 0 amide bonds. The van der Waals surface area contributed by atoms with Crippen LogP contribution >= 0.6 is 0 Å². The molecule has 14 heavy (non-hydrogen) atoms. The van der Waals surface area contributed by atoms with Crippen LogP contribution in [0.5, 0.6) is 0 Å². The Balaban J connectivity index is 2.41. The second kappa shape index (κ2) is 3.54. The Kier molecular flexibility index (Phi) is 2.23. The molecule has 0 unspecified atom stereocenters. The molecule has 0 bridgehead atoms. The van der Waals surface area contributed by atoms with Crippen LogP contribution in [-0.4, -0.2) is 9.97 Å². The summed E-state index contributed by atoms with van der Waals surface area (Å²) >= 11 is 0. The molecule has 1 aromatic heterocycles. The normalized spacial score (nSPS) is 10.4. The van der Waals surface area contributed by atoms with Crippen molar-refractivity contribution in [2.24, 2.45) is 0 Å². The summed E-state index contributed by atoms with van der Waals surface area (Å²) in [6.45, 7) is 2.14. The number of aryl methyl sites for hydroxylation is 1. The van der Waals surface area contributed by atoms with Crippen molar-refractivity contribution in [3.8, 4) is 11.3 Å². The molecule has 0 saturated heterocycles. The predicted octanol–water partition coefficient (Wildman–Crippen LogP) is 2.22. The summed E-state index contributed by atoms with van der Waals surface area (Å²) < 4.78 is 0. The van der Waals surface area contributed by atoms with Crippen molar-refractivity contribution < 1.29 is 0 Å². The average molecular weight is 187 g/mol. The van der Waals surface area contributed by atoms with Gasteiger partial charge in [-0.2, -0.15) is 0 Å². The molecule has 72 valence electrons. The van der Waals surface area contributed by atoms with E-state index in [1.807, 2.05) is 12.1 Å². The van der Waals surface area contributed by atoms with E-state index in [9.17, 15) is 0 Å². The minimum Gasteiger partial charge on any atom is -0.369 e. The summed E-state index contributed by atoms with van der Waals surface area (Å²) in [4.78, 5) is 6.98. The molecule has 1 aromatic carbocycles. The number of nitrogens with one attached hydrogen (secondary N) is 1. The second-order valence-electron chi connectivity index (χ2n) is 3.24. The van der Waals surface area contributed by atoms with E-state index in [0.717, 1.165) is 17.7 Å². The van der Waals surface area contributed by atoms with Crippen molar-refractivity contribution in [2.45, 2.75) is 13.3 Å². The minimum absolute atomic E-state index is 0.460. The smallest absolute Gasteiger partial charge is 0.197 e. The standard InChI is InChI=1S/C11H13N3/c1-2-8-4-3-5-9(6-8)10-7-13-11(12)14-10/h3-7H,2H2,1H3,(H3,12,13,14). The molecule has 0 radical (unpaired) electrons. The fourth-order valence-corrected chi connectivity index (χ4v) is 1.44. The number of hydrogen-bond donors (Lipinski definition) is 2. The maximum atomic E-state index is 5.52. The maximum absolute atomic E-state index is 5.52. The van der Waals surface area contributed by atoms with Crippen molar-refractivity contribution in [2.75, 3.05) is 5.73 Å². The third kappa shape index (κ3) is 1.62. The van der Waals surface area contributed by atoms with Gasteiger partial charge in [-0.25, -0.2) is 4.98 Å². The molecule has 0 aliphatic rings. The Labute approximate surface area is 83.0 Å². The third-order valence-corrected chi connectivity index (χ3v) is 2.24. The summed E-state index contributed by atoms with van der Waals surface area (Å²) in [6, 6.07) is 8.35. The van der Waals surface area contributed by atoms with Gasteiger partial charge in [0.2, 0.25) is 0 Å². The van der Waals surface area contributed by atoms with Crippen LogP contribution in [0.2, 0.25) is 0 Å². The topological polar surface area (TPSA) is 54.7 Å². The van der Waals surface area contributed by atoms with Gasteiger partial charge < -0.3 is 10.7 Å². The maximum Gasteiger partial charge on any atom is 0.197 e. The highest BCUT2D eigenvalue weighted by atomic mass is 15.0. The van der Waals surface area contributed by atoms with E-state index >= 15 is 0 Å². The molecule has 0 aliphatic carbocycles. The number of nitrogen functional groups attached to an aromatic ring is 1. The number of nitrogens with two attached hydrogens (primary N) is 1.